The van der Waals surface area contributed by atoms with Gasteiger partial charge in [0.15, 0.2) is 0 Å². The minimum absolute atomic E-state index is 0.132. The van der Waals surface area contributed by atoms with E-state index in [9.17, 15) is 2.74 Å². The summed E-state index contributed by atoms with van der Waals surface area (Å²) in [6.45, 7) is 6.36. The Labute approximate surface area is 402 Å². The van der Waals surface area contributed by atoms with Gasteiger partial charge in [0.1, 0.15) is 0 Å². The molecule has 0 saturated carbocycles. The summed E-state index contributed by atoms with van der Waals surface area (Å²) in [5.74, 6) is 1.78. The topological polar surface area (TPSA) is 40.1 Å². The molecule has 0 N–H and O–H groups in total. The molecule has 0 unspecified atom stereocenters. The molecule has 11 aromatic rings. The van der Waals surface area contributed by atoms with E-state index in [1.807, 2.05) is 78.9 Å². The van der Waals surface area contributed by atoms with Crippen molar-refractivity contribution in [2.24, 2.45) is 0 Å². The van der Waals surface area contributed by atoms with E-state index in [1.165, 1.54) is 10.8 Å². The zero-order chi connectivity index (χ0) is 48.9. The second-order valence-electron chi connectivity index (χ2n) is 17.6. The first-order chi connectivity index (χ1) is 34.4. The first kappa shape index (κ1) is 34.9. The third-order valence-corrected chi connectivity index (χ3v) is 13.6. The average molecular weight is 1040 g/mol. The molecular weight excluding hydrogens is 989 g/mol. The second-order valence-corrected chi connectivity index (χ2v) is 18.6. The fraction of sp³-hybridized carbons (Fsp3) is 0.0690. The van der Waals surface area contributed by atoms with Crippen molar-refractivity contribution in [3.05, 3.63) is 222 Å². The van der Waals surface area contributed by atoms with Gasteiger partial charge in [0.05, 0.1) is 0 Å². The third-order valence-electron chi connectivity index (χ3n) is 12.6. The zero-order valence-electron chi connectivity index (χ0n) is 41.4. The molecule has 0 atom stereocenters. The predicted octanol–water partition coefficient (Wildman–Crippen LogP) is 13.8. The van der Waals surface area contributed by atoms with E-state index < -0.39 is 6.04 Å². The summed E-state index contributed by atoms with van der Waals surface area (Å²) in [6, 6.07) is 60.1. The SMILES string of the molecule is [2H]c1c([2H])c([2H])c(-c2cccc(-c3cccc(C(C)(C)C)c3)c2-n2[c](=[Pt])n(-c3cccc(Oc4cccc(N5B(c6ccccc6)n6c7ccccc7c7cccc5c76)n4)c3)c3ccccc32)c([2H])c1[2H]. The van der Waals surface area contributed by atoms with Crippen molar-refractivity contribution in [1.82, 2.24) is 18.6 Å². The molecule has 1 aliphatic rings. The molecule has 8 aromatic carbocycles. The number of imidazole rings is 1. The Morgan fingerprint density at radius 1 is 0.591 bits per heavy atom. The van der Waals surface area contributed by atoms with Gasteiger partial charge in [0, 0.05) is 16.3 Å². The van der Waals surface area contributed by atoms with Crippen LogP contribution in [0.1, 0.15) is 33.2 Å². The Hall–Kier alpha value is -7.47. The van der Waals surface area contributed by atoms with Gasteiger partial charge in [-0.2, -0.15) is 0 Å². The number of aromatic nitrogens is 4. The van der Waals surface area contributed by atoms with Crippen LogP contribution in [0.2, 0.25) is 0 Å². The Balaban J connectivity index is 0.991. The van der Waals surface area contributed by atoms with Crippen molar-refractivity contribution in [2.75, 3.05) is 4.81 Å². The van der Waals surface area contributed by atoms with Crippen LogP contribution >= 0.6 is 0 Å². The molecule has 8 heteroatoms. The standard InChI is InChI=1S/C58H44BN5O.Pt/c1-58(2,3)42-22-14-21-41(37-42)47-29-16-28-46(40-19-6-4-7-20-40)56(47)62-39-61(51-32-12-13-33-52(51)62)44-25-15-26-45(38-44)65-55-36-18-35-54(60-55)63-53-34-17-30-49-48-27-10-11-31-50(48)64(57(49)53)59(63)43-23-8-5-9-24-43;/h4-38H,1-3H3;/i4D,6D,7D,19D,20D;. The van der Waals surface area contributed by atoms with Crippen LogP contribution in [0.4, 0.5) is 11.5 Å². The number of pyridine rings is 1. The van der Waals surface area contributed by atoms with E-state index in [0.717, 1.165) is 65.2 Å². The molecule has 0 bridgehead atoms. The van der Waals surface area contributed by atoms with Crippen molar-refractivity contribution in [3.8, 4) is 45.3 Å². The van der Waals surface area contributed by atoms with E-state index in [0.29, 0.717) is 22.9 Å². The van der Waals surface area contributed by atoms with Crippen LogP contribution in [0, 0.1) is 3.80 Å². The van der Waals surface area contributed by atoms with Gasteiger partial charge in [-0.05, 0) is 6.07 Å². The molecular formula is C58H44BN5OPt. The number of nitrogens with zero attached hydrogens (tertiary/aromatic N) is 5. The molecule has 0 amide bonds. The number of ether oxygens (including phenoxy) is 1. The number of para-hydroxylation sites is 5. The number of hydrogen-bond acceptors (Lipinski definition) is 3. The number of hydrogen-bond donors (Lipinski definition) is 0. The Morgan fingerprint density at radius 3 is 2.06 bits per heavy atom. The van der Waals surface area contributed by atoms with Crippen molar-refractivity contribution in [1.29, 1.82) is 0 Å². The molecule has 0 fully saturated rings. The van der Waals surface area contributed by atoms with Crippen LogP contribution < -0.4 is 15.0 Å². The molecule has 0 radical (unpaired) electrons. The minimum atomic E-state index is -0.434. The van der Waals surface area contributed by atoms with E-state index in [4.69, 9.17) is 13.8 Å². The molecule has 1 aliphatic heterocycles. The summed E-state index contributed by atoms with van der Waals surface area (Å²) in [7, 11) is 0. The molecule has 12 rings (SSSR count). The summed E-state index contributed by atoms with van der Waals surface area (Å²) in [4.78, 5) is 7.51. The average Bonchev–Trinajstić information content (AvgIpc) is 4.02. The fourth-order valence-electron chi connectivity index (χ4n) is 9.63. The number of benzene rings is 8. The van der Waals surface area contributed by atoms with Gasteiger partial charge in [-0.1, -0.05) is 60.7 Å². The van der Waals surface area contributed by atoms with Crippen molar-refractivity contribution >= 4 is 56.8 Å². The monoisotopic (exact) mass is 1040 g/mol. The zero-order valence-corrected chi connectivity index (χ0v) is 38.6. The predicted molar refractivity (Wildman–Crippen MR) is 269 cm³/mol. The third kappa shape index (κ3) is 6.60. The first-order valence-corrected chi connectivity index (χ1v) is 23.1. The number of anilines is 2. The molecule has 320 valence electrons. The molecule has 4 heterocycles. The summed E-state index contributed by atoms with van der Waals surface area (Å²) < 4.78 is 58.4. The first-order valence-electron chi connectivity index (χ1n) is 24.5. The van der Waals surface area contributed by atoms with Crippen LogP contribution in [0.25, 0.3) is 66.5 Å². The van der Waals surface area contributed by atoms with Gasteiger partial charge in [0.2, 0.25) is 0 Å². The number of rotatable bonds is 8. The quantitative estimate of drug-likeness (QED) is 0.142. The van der Waals surface area contributed by atoms with Crippen molar-refractivity contribution in [3.63, 3.8) is 0 Å². The molecule has 0 spiro atoms. The van der Waals surface area contributed by atoms with Gasteiger partial charge in [-0.15, -0.1) is 0 Å². The van der Waals surface area contributed by atoms with E-state index in [-0.39, 0.29) is 42.1 Å². The summed E-state index contributed by atoms with van der Waals surface area (Å²) >= 11 is 2.35. The Morgan fingerprint density at radius 2 is 1.26 bits per heavy atom. The van der Waals surface area contributed by atoms with Crippen LogP contribution in [-0.2, 0) is 24.8 Å². The maximum atomic E-state index is 9.17. The molecule has 6 nitrogen and oxygen atoms in total. The van der Waals surface area contributed by atoms with Gasteiger partial charge in [-0.25, -0.2) is 0 Å². The van der Waals surface area contributed by atoms with E-state index >= 15 is 0 Å². The Kier molecular flexibility index (Phi) is 8.40. The molecule has 66 heavy (non-hydrogen) atoms. The van der Waals surface area contributed by atoms with Crippen LogP contribution in [-0.4, -0.2) is 25.6 Å². The molecule has 0 aliphatic carbocycles. The normalized spacial score (nSPS) is 13.6. The van der Waals surface area contributed by atoms with Gasteiger partial charge < -0.3 is 0 Å². The van der Waals surface area contributed by atoms with Gasteiger partial charge in [0.25, 0.3) is 0 Å². The maximum absolute atomic E-state index is 9.17. The van der Waals surface area contributed by atoms with Gasteiger partial charge >= 0.3 is 321 Å². The fourth-order valence-corrected chi connectivity index (χ4v) is 10.7. The van der Waals surface area contributed by atoms with Crippen LogP contribution in [0.5, 0.6) is 11.6 Å². The van der Waals surface area contributed by atoms with Gasteiger partial charge in [-0.3, -0.25) is 0 Å². The molecule has 0 saturated heterocycles. The van der Waals surface area contributed by atoms with Crippen LogP contribution in [0.3, 0.4) is 0 Å². The van der Waals surface area contributed by atoms with Crippen LogP contribution in [0.15, 0.2) is 212 Å². The summed E-state index contributed by atoms with van der Waals surface area (Å²) in [5, 5.41) is 2.41. The van der Waals surface area contributed by atoms with Crippen molar-refractivity contribution in [2.45, 2.75) is 26.2 Å². The summed E-state index contributed by atoms with van der Waals surface area (Å²) in [5.41, 5.74) is 11.2. The molecule has 3 aromatic heterocycles. The second kappa shape index (κ2) is 15.9. The summed E-state index contributed by atoms with van der Waals surface area (Å²) in [6.07, 6.45) is 0. The van der Waals surface area contributed by atoms with E-state index in [2.05, 4.69) is 162 Å². The van der Waals surface area contributed by atoms with Crippen molar-refractivity contribution < 1.29 is 30.9 Å². The Bertz CT molecular complexity index is 4000. The van der Waals surface area contributed by atoms with E-state index in [1.54, 1.807) is 0 Å². The number of fused-ring (bicyclic) bond motifs is 4.